The Morgan fingerprint density at radius 3 is 0.709 bits per heavy atom. The highest BCUT2D eigenvalue weighted by atomic mass is 32.2. The van der Waals surface area contributed by atoms with E-state index in [2.05, 4.69) is 77.0 Å². The van der Waals surface area contributed by atoms with E-state index < -0.39 is 53.0 Å². The van der Waals surface area contributed by atoms with Crippen molar-refractivity contribution in [2.45, 2.75) is 97.8 Å². The minimum absolute atomic E-state index is 0.396. The summed E-state index contributed by atoms with van der Waals surface area (Å²) in [6.07, 6.45) is 0. The molecule has 0 unspecified atom stereocenters. The van der Waals surface area contributed by atoms with Crippen molar-refractivity contribution in [3.8, 4) is 0 Å². The number of aryl methyl sites for hydroxylation is 3. The zero-order valence-electron chi connectivity index (χ0n) is 34.9. The zero-order chi connectivity index (χ0) is 42.7. The van der Waals surface area contributed by atoms with Gasteiger partial charge >= 0.3 is 0 Å². The van der Waals surface area contributed by atoms with Gasteiger partial charge < -0.3 is 14.7 Å². The Labute approximate surface area is 334 Å². The number of hydrogen-bond acceptors (Lipinski definition) is 9. The van der Waals surface area contributed by atoms with Crippen LogP contribution in [0.5, 0.6) is 0 Å². The molecule has 3 rings (SSSR count). The van der Waals surface area contributed by atoms with Crippen molar-refractivity contribution < 1.29 is 38.9 Å². The summed E-state index contributed by atoms with van der Waals surface area (Å²) in [7, 11) is -15.6. The molecule has 55 heavy (non-hydrogen) atoms. The van der Waals surface area contributed by atoms with E-state index in [4.69, 9.17) is 0 Å². The summed E-state index contributed by atoms with van der Waals surface area (Å²) in [6.45, 7) is 35.4. The summed E-state index contributed by atoms with van der Waals surface area (Å²) in [6, 6.07) is 11.8. The molecule has 3 N–H and O–H groups in total. The van der Waals surface area contributed by atoms with Crippen molar-refractivity contribution in [3.05, 3.63) is 71.3 Å². The molecular weight excluding hydrogens is 782 g/mol. The second-order valence-electron chi connectivity index (χ2n) is 12.5. The first kappa shape index (κ1) is 52.7. The second kappa shape index (κ2) is 25.1. The molecule has 0 radical (unpaired) electrons. The minimum atomic E-state index is -4.58. The SMILES string of the molecule is CCN(CC)CC.CCN(CC)CC.CCN(CC)CC.Cc1ccc(S(=O)(=O)O)cc1P(c1cc(S(=O)(=O)O)ccc1C)c1cc(S(=O)(=O)O)ccc1C. The Morgan fingerprint density at radius 2 is 0.582 bits per heavy atom. The van der Waals surface area contributed by atoms with Gasteiger partial charge in [-0.1, -0.05) is 80.5 Å². The maximum Gasteiger partial charge on any atom is 0.294 e. The van der Waals surface area contributed by atoms with Gasteiger partial charge in [-0.3, -0.25) is 13.7 Å². The van der Waals surface area contributed by atoms with Gasteiger partial charge in [-0.2, -0.15) is 25.3 Å². The van der Waals surface area contributed by atoms with Crippen LogP contribution in [-0.4, -0.2) is 113 Å². The fourth-order valence-electron chi connectivity index (χ4n) is 5.37. The van der Waals surface area contributed by atoms with Crippen LogP contribution in [0.15, 0.2) is 69.3 Å². The van der Waals surface area contributed by atoms with Gasteiger partial charge in [-0.05, 0) is 157 Å². The molecule has 0 fully saturated rings. The van der Waals surface area contributed by atoms with Crippen LogP contribution in [0.3, 0.4) is 0 Å². The van der Waals surface area contributed by atoms with Gasteiger partial charge in [0.15, 0.2) is 0 Å². The van der Waals surface area contributed by atoms with Crippen LogP contribution in [0.4, 0.5) is 0 Å². The van der Waals surface area contributed by atoms with E-state index in [1.54, 1.807) is 20.8 Å². The summed E-state index contributed by atoms with van der Waals surface area (Å²) < 4.78 is 99.8. The lowest BCUT2D eigenvalue weighted by molar-refractivity contribution is 0.321. The summed E-state index contributed by atoms with van der Waals surface area (Å²) in [5.41, 5.74) is 1.77. The van der Waals surface area contributed by atoms with Gasteiger partial charge in [0.05, 0.1) is 14.7 Å². The van der Waals surface area contributed by atoms with Gasteiger partial charge in [-0.25, -0.2) is 0 Å². The van der Waals surface area contributed by atoms with Crippen molar-refractivity contribution in [2.24, 2.45) is 0 Å². The third kappa shape index (κ3) is 17.8. The van der Waals surface area contributed by atoms with Crippen molar-refractivity contribution in [2.75, 3.05) is 58.9 Å². The quantitative estimate of drug-likeness (QED) is 0.118. The van der Waals surface area contributed by atoms with E-state index in [9.17, 15) is 38.9 Å². The van der Waals surface area contributed by atoms with Gasteiger partial charge in [0, 0.05) is 0 Å². The molecule has 0 aromatic heterocycles. The number of rotatable bonds is 15. The highest BCUT2D eigenvalue weighted by molar-refractivity contribution is 7.86. The van der Waals surface area contributed by atoms with Gasteiger partial charge in [0.1, 0.15) is 0 Å². The molecule has 12 nitrogen and oxygen atoms in total. The average Bonchev–Trinajstić information content (AvgIpc) is 3.12. The molecule has 0 heterocycles. The number of nitrogens with zero attached hydrogens (tertiary/aromatic N) is 3. The Kier molecular flexibility index (Phi) is 24.1. The first-order valence-corrected chi connectivity index (χ1v) is 24.4. The topological polar surface area (TPSA) is 173 Å². The maximum absolute atomic E-state index is 11.8. The van der Waals surface area contributed by atoms with E-state index in [-0.39, 0.29) is 0 Å². The van der Waals surface area contributed by atoms with Crippen molar-refractivity contribution in [1.29, 1.82) is 0 Å². The first-order chi connectivity index (χ1) is 25.5. The predicted octanol–water partition coefficient (Wildman–Crippen LogP) is 6.15. The molecule has 0 saturated carbocycles. The standard InChI is InChI=1S/C21H21O9PS3.3C6H15N/c1-13-4-7-16(32(22,23)24)10-19(13)31(20-11-17(33(25,26)27)8-5-14(20)2)21-12-18(34(28,29)30)9-6-15(21)3;3*1-4-7(5-2)6-3/h4-12H,1-3H3,(H,22,23,24)(H,25,26,27)(H,28,29,30);3*4-6H2,1-3H3. The molecule has 3 aromatic rings. The lowest BCUT2D eigenvalue weighted by Gasteiger charge is -2.25. The van der Waals surface area contributed by atoms with E-state index >= 15 is 0 Å². The Balaban J connectivity index is 0.00000113. The van der Waals surface area contributed by atoms with E-state index in [0.29, 0.717) is 32.6 Å². The third-order valence-electron chi connectivity index (χ3n) is 9.18. The summed E-state index contributed by atoms with van der Waals surface area (Å²) >= 11 is 0. The molecule has 0 aliphatic carbocycles. The molecule has 0 spiro atoms. The van der Waals surface area contributed by atoms with Crippen LogP contribution in [0.2, 0.25) is 0 Å². The Hall–Kier alpha value is -2.30. The number of hydrogen-bond donors (Lipinski definition) is 3. The summed E-state index contributed by atoms with van der Waals surface area (Å²) in [4.78, 5) is 5.94. The lowest BCUT2D eigenvalue weighted by Crippen LogP contribution is -2.27. The molecule has 0 aliphatic rings. The molecule has 314 valence electrons. The Morgan fingerprint density at radius 1 is 0.400 bits per heavy atom. The zero-order valence-corrected chi connectivity index (χ0v) is 38.2. The average molecular weight is 848 g/mol. The first-order valence-electron chi connectivity index (χ1n) is 18.8. The Bertz CT molecular complexity index is 1690. The molecule has 0 bridgehead atoms. The van der Waals surface area contributed by atoms with E-state index in [0.717, 1.165) is 0 Å². The molecule has 0 amide bonds. The van der Waals surface area contributed by atoms with Gasteiger partial charge in [0.25, 0.3) is 30.4 Å². The second-order valence-corrected chi connectivity index (χ2v) is 18.8. The molecule has 0 saturated heterocycles. The van der Waals surface area contributed by atoms with Crippen LogP contribution in [-0.2, 0) is 30.4 Å². The van der Waals surface area contributed by atoms with E-state index in [1.807, 2.05) is 0 Å². The normalized spacial score (nSPS) is 11.8. The summed E-state index contributed by atoms with van der Waals surface area (Å²) in [5, 5.41) is 1.20. The molecular formula is C39H66N3O9PS3. The van der Waals surface area contributed by atoms with Crippen LogP contribution in [0.25, 0.3) is 0 Å². The fourth-order valence-corrected chi connectivity index (χ4v) is 10.0. The van der Waals surface area contributed by atoms with Gasteiger partial charge in [0.2, 0.25) is 0 Å². The highest BCUT2D eigenvalue weighted by Crippen LogP contribution is 2.38. The van der Waals surface area contributed by atoms with Crippen LogP contribution in [0.1, 0.15) is 79.0 Å². The van der Waals surface area contributed by atoms with Crippen LogP contribution in [0, 0.1) is 20.8 Å². The fraction of sp³-hybridized carbons (Fsp3) is 0.538. The smallest absolute Gasteiger partial charge is 0.294 e. The van der Waals surface area contributed by atoms with E-state index in [1.165, 1.54) is 114 Å². The molecule has 0 atom stereocenters. The van der Waals surface area contributed by atoms with Crippen molar-refractivity contribution >= 4 is 54.2 Å². The minimum Gasteiger partial charge on any atom is -0.304 e. The summed E-state index contributed by atoms with van der Waals surface area (Å²) in [5.74, 6) is 0. The van der Waals surface area contributed by atoms with Gasteiger partial charge in [-0.15, -0.1) is 0 Å². The molecule has 16 heteroatoms. The lowest BCUT2D eigenvalue weighted by atomic mass is 10.2. The van der Waals surface area contributed by atoms with Crippen molar-refractivity contribution in [1.82, 2.24) is 14.7 Å². The third-order valence-corrected chi connectivity index (χ3v) is 14.6. The van der Waals surface area contributed by atoms with Crippen LogP contribution >= 0.6 is 7.92 Å². The monoisotopic (exact) mass is 847 g/mol. The number of benzene rings is 3. The van der Waals surface area contributed by atoms with Crippen LogP contribution < -0.4 is 15.9 Å². The molecule has 3 aromatic carbocycles. The largest absolute Gasteiger partial charge is 0.304 e. The maximum atomic E-state index is 11.8. The molecule has 0 aliphatic heterocycles. The highest BCUT2D eigenvalue weighted by Gasteiger charge is 2.27. The van der Waals surface area contributed by atoms with Crippen molar-refractivity contribution in [3.63, 3.8) is 0 Å². The predicted molar refractivity (Wildman–Crippen MR) is 229 cm³/mol.